The number of nitrogens with zero attached hydrogens (tertiary/aromatic N) is 3. The maximum Gasteiger partial charge on any atom is 0.255 e. The molecule has 2 rings (SSSR count). The number of carbonyl (C=O) groups excluding carboxylic acids is 2. The minimum absolute atomic E-state index is 0.0236. The molecule has 0 radical (unpaired) electrons. The lowest BCUT2D eigenvalue weighted by molar-refractivity contribution is -0.129. The lowest BCUT2D eigenvalue weighted by Gasteiger charge is -2.19. The third-order valence-electron chi connectivity index (χ3n) is 3.83. The summed E-state index contributed by atoms with van der Waals surface area (Å²) in [5.41, 5.74) is 5.83. The highest BCUT2D eigenvalue weighted by atomic mass is 16.2. The summed E-state index contributed by atoms with van der Waals surface area (Å²) in [6.45, 7) is 4.07. The number of hydrogen-bond acceptors (Lipinski definition) is 4. The summed E-state index contributed by atoms with van der Waals surface area (Å²) < 4.78 is 1.68. The molecular weight excluding hydrogens is 270 g/mol. The SMILES string of the molecule is C#Cc1nn([C@H]2C[C@H](C)N(C(C)=O)C2)c(NC)c1C(N)=O. The van der Waals surface area contributed by atoms with Crippen LogP contribution in [0.4, 0.5) is 5.82 Å². The van der Waals surface area contributed by atoms with Crippen molar-refractivity contribution in [2.24, 2.45) is 5.73 Å². The molecule has 1 aromatic rings. The maximum atomic E-state index is 11.6. The number of likely N-dealkylation sites (tertiary alicyclic amines) is 1. The molecule has 1 saturated heterocycles. The molecule has 7 heteroatoms. The fourth-order valence-corrected chi connectivity index (χ4v) is 2.89. The Morgan fingerprint density at radius 2 is 2.19 bits per heavy atom. The van der Waals surface area contributed by atoms with Crippen LogP contribution < -0.4 is 11.1 Å². The van der Waals surface area contributed by atoms with E-state index in [2.05, 4.69) is 16.3 Å². The molecule has 0 bridgehead atoms. The topological polar surface area (TPSA) is 93.2 Å². The molecule has 0 spiro atoms. The molecule has 1 aliphatic heterocycles. The zero-order valence-electron chi connectivity index (χ0n) is 12.4. The minimum Gasteiger partial charge on any atom is -0.373 e. The van der Waals surface area contributed by atoms with Gasteiger partial charge in [0.2, 0.25) is 5.91 Å². The van der Waals surface area contributed by atoms with Crippen LogP contribution in [0.25, 0.3) is 0 Å². The quantitative estimate of drug-likeness (QED) is 0.777. The van der Waals surface area contributed by atoms with Gasteiger partial charge in [0.05, 0.1) is 6.04 Å². The summed E-state index contributed by atoms with van der Waals surface area (Å²) in [6, 6.07) is 0.0827. The van der Waals surface area contributed by atoms with Crippen LogP contribution in [0, 0.1) is 12.3 Å². The van der Waals surface area contributed by atoms with Crippen LogP contribution >= 0.6 is 0 Å². The first-order chi connectivity index (χ1) is 9.90. The molecule has 21 heavy (non-hydrogen) atoms. The Bertz CT molecular complexity index is 628. The van der Waals surface area contributed by atoms with Crippen LogP contribution in [0.1, 0.15) is 42.4 Å². The van der Waals surface area contributed by atoms with Crippen molar-refractivity contribution in [1.82, 2.24) is 14.7 Å². The molecule has 0 aromatic carbocycles. The molecule has 112 valence electrons. The third kappa shape index (κ3) is 2.44. The standard InChI is InChI=1S/C14H19N5O2/c1-5-11-12(13(15)21)14(16-4)19(17-11)10-6-8(2)18(7-10)9(3)20/h1,8,10,16H,6-7H2,2-4H3,(H2,15,21)/t8-,10-/m0/s1. The zero-order chi connectivity index (χ0) is 15.7. The van der Waals surface area contributed by atoms with Crippen molar-refractivity contribution in [3.63, 3.8) is 0 Å². The van der Waals surface area contributed by atoms with Gasteiger partial charge in [0, 0.05) is 26.6 Å². The summed E-state index contributed by atoms with van der Waals surface area (Å²) in [4.78, 5) is 25.0. The zero-order valence-corrected chi connectivity index (χ0v) is 12.4. The van der Waals surface area contributed by atoms with E-state index < -0.39 is 5.91 Å². The van der Waals surface area contributed by atoms with Gasteiger partial charge >= 0.3 is 0 Å². The fourth-order valence-electron chi connectivity index (χ4n) is 2.89. The van der Waals surface area contributed by atoms with Crippen molar-refractivity contribution < 1.29 is 9.59 Å². The van der Waals surface area contributed by atoms with Crippen molar-refractivity contribution in [1.29, 1.82) is 0 Å². The monoisotopic (exact) mass is 289 g/mol. The Morgan fingerprint density at radius 1 is 1.52 bits per heavy atom. The fraction of sp³-hybridized carbons (Fsp3) is 0.500. The number of anilines is 1. The number of aromatic nitrogens is 2. The molecule has 7 nitrogen and oxygen atoms in total. The molecule has 2 amide bonds. The molecular formula is C14H19N5O2. The first kappa shape index (κ1) is 14.9. The number of amides is 2. The Morgan fingerprint density at radius 3 is 2.62 bits per heavy atom. The second-order valence-electron chi connectivity index (χ2n) is 5.19. The van der Waals surface area contributed by atoms with Crippen LogP contribution in [-0.2, 0) is 4.79 Å². The predicted molar refractivity (Wildman–Crippen MR) is 78.7 cm³/mol. The van der Waals surface area contributed by atoms with E-state index in [1.54, 1.807) is 23.6 Å². The predicted octanol–water partition coefficient (Wildman–Crippen LogP) is 0.187. The highest BCUT2D eigenvalue weighted by Gasteiger charge is 2.35. The van der Waals surface area contributed by atoms with E-state index in [0.717, 1.165) is 6.42 Å². The third-order valence-corrected chi connectivity index (χ3v) is 3.83. The van der Waals surface area contributed by atoms with Crippen LogP contribution in [0.2, 0.25) is 0 Å². The van der Waals surface area contributed by atoms with Gasteiger partial charge < -0.3 is 16.0 Å². The lowest BCUT2D eigenvalue weighted by Crippen LogP contribution is -2.32. The van der Waals surface area contributed by atoms with Gasteiger partial charge in [0.25, 0.3) is 5.91 Å². The number of nitrogens with one attached hydrogen (secondary N) is 1. The normalized spacial score (nSPS) is 21.1. The van der Waals surface area contributed by atoms with E-state index in [-0.39, 0.29) is 29.2 Å². The van der Waals surface area contributed by atoms with Crippen LogP contribution in [0.15, 0.2) is 0 Å². The summed E-state index contributed by atoms with van der Waals surface area (Å²) in [7, 11) is 1.68. The lowest BCUT2D eigenvalue weighted by atomic mass is 10.2. The van der Waals surface area contributed by atoms with Gasteiger partial charge in [0.1, 0.15) is 17.1 Å². The van der Waals surface area contributed by atoms with Crippen LogP contribution in [0.3, 0.4) is 0 Å². The van der Waals surface area contributed by atoms with Crippen molar-refractivity contribution in [2.45, 2.75) is 32.4 Å². The van der Waals surface area contributed by atoms with Gasteiger partial charge in [0.15, 0.2) is 0 Å². The van der Waals surface area contributed by atoms with Gasteiger partial charge in [-0.1, -0.05) is 0 Å². The number of primary amides is 1. The number of rotatable bonds is 3. The molecule has 1 aliphatic rings. The molecule has 0 saturated carbocycles. The largest absolute Gasteiger partial charge is 0.373 e. The summed E-state index contributed by atoms with van der Waals surface area (Å²) >= 11 is 0. The Balaban J connectivity index is 2.44. The van der Waals surface area contributed by atoms with E-state index >= 15 is 0 Å². The van der Waals surface area contributed by atoms with Crippen molar-refractivity contribution in [3.8, 4) is 12.3 Å². The average Bonchev–Trinajstić information content (AvgIpc) is 2.98. The van der Waals surface area contributed by atoms with Gasteiger partial charge in [-0.25, -0.2) is 4.68 Å². The Kier molecular flexibility index (Phi) is 3.89. The smallest absolute Gasteiger partial charge is 0.255 e. The number of carbonyl (C=O) groups is 2. The Labute approximate surface area is 123 Å². The van der Waals surface area contributed by atoms with E-state index in [1.165, 1.54) is 0 Å². The van der Waals surface area contributed by atoms with Crippen molar-refractivity contribution in [3.05, 3.63) is 11.3 Å². The van der Waals surface area contributed by atoms with Gasteiger partial charge in [-0.15, -0.1) is 6.42 Å². The highest BCUT2D eigenvalue weighted by Crippen LogP contribution is 2.31. The average molecular weight is 289 g/mol. The summed E-state index contributed by atoms with van der Waals surface area (Å²) in [6.07, 6.45) is 6.15. The first-order valence-electron chi connectivity index (χ1n) is 6.74. The minimum atomic E-state index is -0.618. The second-order valence-corrected chi connectivity index (χ2v) is 5.19. The van der Waals surface area contributed by atoms with Crippen molar-refractivity contribution in [2.75, 3.05) is 18.9 Å². The van der Waals surface area contributed by atoms with Crippen LogP contribution in [-0.4, -0.2) is 46.1 Å². The molecule has 1 fully saturated rings. The van der Waals surface area contributed by atoms with Gasteiger partial charge in [-0.2, -0.15) is 5.10 Å². The van der Waals surface area contributed by atoms with Crippen LogP contribution in [0.5, 0.6) is 0 Å². The molecule has 1 aromatic heterocycles. The number of terminal acetylenes is 1. The Hall–Kier alpha value is -2.49. The number of hydrogen-bond donors (Lipinski definition) is 2. The van der Waals surface area contributed by atoms with Crippen molar-refractivity contribution >= 4 is 17.6 Å². The highest BCUT2D eigenvalue weighted by molar-refractivity contribution is 6.00. The van der Waals surface area contributed by atoms with E-state index in [1.807, 2.05) is 6.92 Å². The summed E-state index contributed by atoms with van der Waals surface area (Å²) in [5.74, 6) is 2.29. The summed E-state index contributed by atoms with van der Waals surface area (Å²) in [5, 5.41) is 7.25. The maximum absolute atomic E-state index is 11.6. The second kappa shape index (κ2) is 5.48. The molecule has 0 aliphatic carbocycles. The van der Waals surface area contributed by atoms with E-state index in [0.29, 0.717) is 12.4 Å². The van der Waals surface area contributed by atoms with E-state index in [9.17, 15) is 9.59 Å². The molecule has 0 unspecified atom stereocenters. The molecule has 3 N–H and O–H groups in total. The van der Waals surface area contributed by atoms with Gasteiger partial charge in [-0.05, 0) is 19.3 Å². The van der Waals surface area contributed by atoms with E-state index in [4.69, 9.17) is 12.2 Å². The molecule has 2 heterocycles. The van der Waals surface area contributed by atoms with Gasteiger partial charge in [-0.3, -0.25) is 9.59 Å². The number of nitrogens with two attached hydrogens (primary N) is 1. The molecule has 2 atom stereocenters. The first-order valence-corrected chi connectivity index (χ1v) is 6.74.